The zero-order chi connectivity index (χ0) is 21.8. The lowest BCUT2D eigenvalue weighted by atomic mass is 10.2. The van der Waals surface area contributed by atoms with E-state index >= 15 is 0 Å². The average molecular weight is 459 g/mol. The predicted octanol–water partition coefficient (Wildman–Crippen LogP) is 4.35. The average Bonchev–Trinajstić information content (AvgIpc) is 3.34. The van der Waals surface area contributed by atoms with E-state index in [2.05, 4.69) is 34.0 Å². The van der Waals surface area contributed by atoms with Gasteiger partial charge in [-0.05, 0) is 39.0 Å². The van der Waals surface area contributed by atoms with Crippen LogP contribution in [0.15, 0.2) is 35.0 Å². The topological polar surface area (TPSA) is 76.6 Å². The molecule has 164 valence electrons. The third-order valence-electron chi connectivity index (χ3n) is 4.80. The van der Waals surface area contributed by atoms with E-state index in [9.17, 15) is 4.79 Å². The Hall–Kier alpha value is -2.33. The van der Waals surface area contributed by atoms with Crippen molar-refractivity contribution in [3.63, 3.8) is 0 Å². The van der Waals surface area contributed by atoms with Crippen LogP contribution < -0.4 is 10.1 Å². The Morgan fingerprint density at radius 2 is 1.97 bits per heavy atom. The van der Waals surface area contributed by atoms with Crippen LogP contribution in [0.4, 0.5) is 5.13 Å². The molecule has 1 aliphatic rings. The first kappa shape index (κ1) is 21.9. The van der Waals surface area contributed by atoms with Crippen LogP contribution in [0.1, 0.15) is 40.6 Å². The summed E-state index contributed by atoms with van der Waals surface area (Å²) in [6, 6.07) is 7.15. The summed E-state index contributed by atoms with van der Waals surface area (Å²) in [6.07, 6.45) is 0.436. The molecule has 1 saturated heterocycles. The number of ether oxygens (including phenoxy) is 2. The van der Waals surface area contributed by atoms with E-state index in [1.165, 1.54) is 11.3 Å². The Morgan fingerprint density at radius 3 is 2.71 bits per heavy atom. The van der Waals surface area contributed by atoms with Crippen molar-refractivity contribution < 1.29 is 14.3 Å². The highest BCUT2D eigenvalue weighted by Crippen LogP contribution is 2.21. The quantitative estimate of drug-likeness (QED) is 0.567. The molecule has 3 heterocycles. The zero-order valence-electron chi connectivity index (χ0n) is 17.8. The van der Waals surface area contributed by atoms with Gasteiger partial charge >= 0.3 is 0 Å². The molecule has 2 atom stereocenters. The molecule has 0 bridgehead atoms. The van der Waals surface area contributed by atoms with Crippen molar-refractivity contribution in [1.82, 2.24) is 14.9 Å². The molecule has 7 nitrogen and oxygen atoms in total. The van der Waals surface area contributed by atoms with Crippen LogP contribution >= 0.6 is 22.7 Å². The number of rotatable bonds is 7. The minimum Gasteiger partial charge on any atom is -0.487 e. The van der Waals surface area contributed by atoms with Crippen LogP contribution in [-0.2, 0) is 17.9 Å². The number of hydrogen-bond acceptors (Lipinski definition) is 8. The summed E-state index contributed by atoms with van der Waals surface area (Å²) in [6.45, 7) is 9.04. The summed E-state index contributed by atoms with van der Waals surface area (Å²) >= 11 is 3.03. The third kappa shape index (κ3) is 6.10. The van der Waals surface area contributed by atoms with Crippen LogP contribution in [0.25, 0.3) is 0 Å². The number of hydrogen-bond donors (Lipinski definition) is 1. The standard InChI is InChI=1S/C22H26N4O3S2/c1-14-8-26(9-15(2)29-14)10-18-12-31-22(24-18)25-21(27)17-5-4-6-20(7-17)28-11-19-13-30-16(3)23-19/h4-7,12-15H,8-11H2,1-3H3,(H,24,25,27). The number of nitrogens with zero attached hydrogens (tertiary/aromatic N) is 3. The minimum absolute atomic E-state index is 0.204. The van der Waals surface area contributed by atoms with E-state index in [0.29, 0.717) is 23.1 Å². The van der Waals surface area contributed by atoms with E-state index in [0.717, 1.165) is 36.0 Å². The SMILES string of the molecule is Cc1nc(COc2cccc(C(=O)Nc3nc(CN4CC(C)OC(C)C4)cs3)c2)cs1. The number of nitrogens with one attached hydrogen (secondary N) is 1. The van der Waals surface area contributed by atoms with Crippen LogP contribution in [0.3, 0.4) is 0 Å². The number of carbonyl (C=O) groups excluding carboxylic acids is 1. The molecule has 1 aromatic carbocycles. The number of aryl methyl sites for hydroxylation is 1. The van der Waals surface area contributed by atoms with Gasteiger partial charge in [-0.15, -0.1) is 22.7 Å². The van der Waals surface area contributed by atoms with Gasteiger partial charge in [0.15, 0.2) is 5.13 Å². The maximum atomic E-state index is 12.7. The van der Waals surface area contributed by atoms with Gasteiger partial charge in [0, 0.05) is 36.0 Å². The lowest BCUT2D eigenvalue weighted by molar-refractivity contribution is -0.0707. The van der Waals surface area contributed by atoms with Gasteiger partial charge in [-0.1, -0.05) is 6.07 Å². The number of amides is 1. The second kappa shape index (κ2) is 9.86. The highest BCUT2D eigenvalue weighted by Gasteiger charge is 2.23. The highest BCUT2D eigenvalue weighted by atomic mass is 32.1. The predicted molar refractivity (Wildman–Crippen MR) is 123 cm³/mol. The number of aromatic nitrogens is 2. The van der Waals surface area contributed by atoms with Crippen molar-refractivity contribution in [3.05, 3.63) is 57.0 Å². The first-order valence-corrected chi connectivity index (χ1v) is 12.0. The van der Waals surface area contributed by atoms with E-state index in [1.54, 1.807) is 23.5 Å². The summed E-state index contributed by atoms with van der Waals surface area (Å²) in [5.74, 6) is 0.429. The minimum atomic E-state index is -0.204. The Labute approximate surface area is 190 Å². The van der Waals surface area contributed by atoms with E-state index < -0.39 is 0 Å². The molecule has 2 aromatic heterocycles. The lowest BCUT2D eigenvalue weighted by Crippen LogP contribution is -2.44. The zero-order valence-corrected chi connectivity index (χ0v) is 19.5. The highest BCUT2D eigenvalue weighted by molar-refractivity contribution is 7.14. The smallest absolute Gasteiger partial charge is 0.257 e. The van der Waals surface area contributed by atoms with Gasteiger partial charge in [-0.3, -0.25) is 15.0 Å². The van der Waals surface area contributed by atoms with Crippen molar-refractivity contribution in [2.24, 2.45) is 0 Å². The molecule has 0 aliphatic carbocycles. The molecular weight excluding hydrogens is 432 g/mol. The summed E-state index contributed by atoms with van der Waals surface area (Å²) in [4.78, 5) is 24.0. The van der Waals surface area contributed by atoms with Gasteiger partial charge in [0.05, 0.1) is 28.6 Å². The van der Waals surface area contributed by atoms with Gasteiger partial charge < -0.3 is 9.47 Å². The summed E-state index contributed by atoms with van der Waals surface area (Å²) in [5, 5.41) is 8.47. The molecule has 1 aliphatic heterocycles. The Balaban J connectivity index is 1.33. The number of morpholine rings is 1. The first-order valence-electron chi connectivity index (χ1n) is 10.2. The summed E-state index contributed by atoms with van der Waals surface area (Å²) < 4.78 is 11.6. The fourth-order valence-electron chi connectivity index (χ4n) is 3.61. The monoisotopic (exact) mass is 458 g/mol. The summed E-state index contributed by atoms with van der Waals surface area (Å²) in [7, 11) is 0. The Bertz CT molecular complexity index is 1030. The second-order valence-corrected chi connectivity index (χ2v) is 9.64. The van der Waals surface area contributed by atoms with Gasteiger partial charge in [0.25, 0.3) is 5.91 Å². The molecule has 1 N–H and O–H groups in total. The second-order valence-electron chi connectivity index (χ2n) is 7.72. The normalized spacial score (nSPS) is 19.3. The fourth-order valence-corrected chi connectivity index (χ4v) is 4.90. The molecule has 3 aromatic rings. The Morgan fingerprint density at radius 1 is 1.19 bits per heavy atom. The van der Waals surface area contributed by atoms with Crippen LogP contribution in [0.2, 0.25) is 0 Å². The molecule has 1 fully saturated rings. The molecule has 0 spiro atoms. The fraction of sp³-hybridized carbons (Fsp3) is 0.409. The molecule has 1 amide bonds. The number of benzene rings is 1. The molecule has 0 radical (unpaired) electrons. The molecule has 2 unspecified atom stereocenters. The van der Waals surface area contributed by atoms with Crippen molar-refractivity contribution in [1.29, 1.82) is 0 Å². The third-order valence-corrected chi connectivity index (χ3v) is 6.43. The van der Waals surface area contributed by atoms with Crippen molar-refractivity contribution in [2.45, 2.75) is 46.1 Å². The van der Waals surface area contributed by atoms with E-state index in [-0.39, 0.29) is 18.1 Å². The number of anilines is 1. The van der Waals surface area contributed by atoms with Crippen molar-refractivity contribution >= 4 is 33.7 Å². The maximum Gasteiger partial charge on any atom is 0.257 e. The number of thiazole rings is 2. The maximum absolute atomic E-state index is 12.7. The van der Waals surface area contributed by atoms with Gasteiger partial charge in [-0.2, -0.15) is 0 Å². The van der Waals surface area contributed by atoms with E-state index in [4.69, 9.17) is 9.47 Å². The molecular formula is C22H26N4O3S2. The van der Waals surface area contributed by atoms with Crippen molar-refractivity contribution in [3.8, 4) is 5.75 Å². The molecule has 9 heteroatoms. The van der Waals surface area contributed by atoms with E-state index in [1.807, 2.05) is 29.8 Å². The van der Waals surface area contributed by atoms with Gasteiger partial charge in [-0.25, -0.2) is 9.97 Å². The largest absolute Gasteiger partial charge is 0.487 e. The molecule has 4 rings (SSSR count). The molecule has 0 saturated carbocycles. The van der Waals surface area contributed by atoms with Crippen molar-refractivity contribution in [2.75, 3.05) is 18.4 Å². The molecule has 31 heavy (non-hydrogen) atoms. The van der Waals surface area contributed by atoms with Crippen LogP contribution in [-0.4, -0.2) is 46.1 Å². The van der Waals surface area contributed by atoms with Crippen LogP contribution in [0, 0.1) is 6.92 Å². The Kier molecular flexibility index (Phi) is 6.96. The van der Waals surface area contributed by atoms with Crippen LogP contribution in [0.5, 0.6) is 5.75 Å². The van der Waals surface area contributed by atoms with Gasteiger partial charge in [0.1, 0.15) is 12.4 Å². The lowest BCUT2D eigenvalue weighted by Gasteiger charge is -2.34. The number of carbonyl (C=O) groups is 1. The summed E-state index contributed by atoms with van der Waals surface area (Å²) in [5.41, 5.74) is 2.37. The first-order chi connectivity index (χ1) is 14.9. The van der Waals surface area contributed by atoms with Gasteiger partial charge in [0.2, 0.25) is 0 Å².